The first kappa shape index (κ1) is 23.3. The predicted octanol–water partition coefficient (Wildman–Crippen LogP) is 8.29. The molecule has 0 radical (unpaired) electrons. The van der Waals surface area contributed by atoms with E-state index in [2.05, 4.69) is 95.6 Å². The van der Waals surface area contributed by atoms with Gasteiger partial charge in [0.2, 0.25) is 0 Å². The second-order valence-corrected chi connectivity index (χ2v) is 9.44. The van der Waals surface area contributed by atoms with E-state index in [1.165, 1.54) is 27.6 Å². The third-order valence-electron chi connectivity index (χ3n) is 6.57. The van der Waals surface area contributed by atoms with Crippen molar-refractivity contribution in [2.24, 2.45) is 17.8 Å². The number of para-hydroxylation sites is 1. The molecule has 3 aliphatic carbocycles. The van der Waals surface area contributed by atoms with Crippen LogP contribution in [0, 0.1) is 17.8 Å². The van der Waals surface area contributed by atoms with Gasteiger partial charge >= 0.3 is 0 Å². The molecule has 0 aromatic heterocycles. The number of benzene rings is 1. The van der Waals surface area contributed by atoms with Crippen LogP contribution in [0.3, 0.4) is 0 Å². The minimum atomic E-state index is 0.343. The first-order valence-corrected chi connectivity index (χ1v) is 12.3. The molecule has 168 valence electrons. The molecule has 33 heavy (non-hydrogen) atoms. The van der Waals surface area contributed by atoms with Gasteiger partial charge in [-0.25, -0.2) is 0 Å². The molecule has 0 saturated heterocycles. The SMILES string of the molecule is C=C/C=C/c1cccc(CC2=C3C=CC(C)C=CC3=C(P)C3C=CC=CC23)c1O/C(C)=C/C. The van der Waals surface area contributed by atoms with Gasteiger partial charge < -0.3 is 4.74 Å². The number of rotatable bonds is 6. The lowest BCUT2D eigenvalue weighted by molar-refractivity contribution is 0.420. The van der Waals surface area contributed by atoms with Crippen LogP contribution in [0.15, 0.2) is 119 Å². The van der Waals surface area contributed by atoms with Gasteiger partial charge in [0.15, 0.2) is 0 Å². The topological polar surface area (TPSA) is 9.23 Å². The lowest BCUT2D eigenvalue weighted by atomic mass is 9.72. The predicted molar refractivity (Wildman–Crippen MR) is 146 cm³/mol. The Bertz CT molecular complexity index is 1180. The third-order valence-corrected chi connectivity index (χ3v) is 7.26. The lowest BCUT2D eigenvalue weighted by Gasteiger charge is -2.35. The Morgan fingerprint density at radius 3 is 2.52 bits per heavy atom. The molecule has 0 amide bonds. The molecule has 0 heterocycles. The zero-order valence-corrected chi connectivity index (χ0v) is 20.9. The van der Waals surface area contributed by atoms with Crippen LogP contribution in [0.2, 0.25) is 0 Å². The van der Waals surface area contributed by atoms with Gasteiger partial charge in [-0.3, -0.25) is 0 Å². The van der Waals surface area contributed by atoms with E-state index in [-0.39, 0.29) is 0 Å². The summed E-state index contributed by atoms with van der Waals surface area (Å²) in [4.78, 5) is 0. The van der Waals surface area contributed by atoms with Crippen molar-refractivity contribution in [2.75, 3.05) is 0 Å². The number of ether oxygens (including phenoxy) is 1. The fourth-order valence-corrected chi connectivity index (χ4v) is 5.25. The summed E-state index contributed by atoms with van der Waals surface area (Å²) in [6.07, 6.45) is 27.0. The highest BCUT2D eigenvalue weighted by Gasteiger charge is 2.33. The summed E-state index contributed by atoms with van der Waals surface area (Å²) in [5.41, 5.74) is 6.41. The Hall–Kier alpha value is -2.89. The molecule has 0 aliphatic heterocycles. The van der Waals surface area contributed by atoms with Crippen molar-refractivity contribution in [1.82, 2.24) is 0 Å². The van der Waals surface area contributed by atoms with Crippen molar-refractivity contribution in [2.45, 2.75) is 27.2 Å². The highest BCUT2D eigenvalue weighted by molar-refractivity contribution is 7.22. The molecule has 1 aromatic rings. The molecule has 0 saturated carbocycles. The van der Waals surface area contributed by atoms with E-state index >= 15 is 0 Å². The Balaban J connectivity index is 1.88. The van der Waals surface area contributed by atoms with Crippen LogP contribution in [0.4, 0.5) is 0 Å². The Morgan fingerprint density at radius 1 is 1.06 bits per heavy atom. The minimum absolute atomic E-state index is 0.343. The molecule has 0 fully saturated rings. The van der Waals surface area contributed by atoms with Crippen molar-refractivity contribution in [3.05, 3.63) is 131 Å². The van der Waals surface area contributed by atoms with Crippen molar-refractivity contribution in [1.29, 1.82) is 0 Å². The highest BCUT2D eigenvalue weighted by Crippen LogP contribution is 2.48. The number of hydrogen-bond donors (Lipinski definition) is 0. The normalized spacial score (nSPS) is 24.2. The second-order valence-electron chi connectivity index (χ2n) is 8.82. The van der Waals surface area contributed by atoms with Crippen molar-refractivity contribution < 1.29 is 4.74 Å². The molecule has 3 aliphatic rings. The van der Waals surface area contributed by atoms with E-state index < -0.39 is 0 Å². The van der Waals surface area contributed by atoms with Gasteiger partial charge in [-0.05, 0) is 54.3 Å². The summed E-state index contributed by atoms with van der Waals surface area (Å²) in [7, 11) is 3.04. The summed E-state index contributed by atoms with van der Waals surface area (Å²) >= 11 is 0. The molecule has 1 aromatic carbocycles. The van der Waals surface area contributed by atoms with Crippen LogP contribution in [0.25, 0.3) is 6.08 Å². The van der Waals surface area contributed by atoms with Gasteiger partial charge in [0, 0.05) is 17.4 Å². The second kappa shape index (κ2) is 10.4. The highest BCUT2D eigenvalue weighted by atomic mass is 31.0. The maximum Gasteiger partial charge on any atom is 0.137 e. The summed E-state index contributed by atoms with van der Waals surface area (Å²) < 4.78 is 6.37. The van der Waals surface area contributed by atoms with Crippen LogP contribution in [0.1, 0.15) is 31.9 Å². The van der Waals surface area contributed by atoms with E-state index in [1.807, 2.05) is 26.0 Å². The van der Waals surface area contributed by atoms with Gasteiger partial charge in [0.25, 0.3) is 0 Å². The Morgan fingerprint density at radius 2 is 1.79 bits per heavy atom. The molecular weight excluding hydrogens is 419 g/mol. The largest absolute Gasteiger partial charge is 0.461 e. The minimum Gasteiger partial charge on any atom is -0.461 e. The van der Waals surface area contributed by atoms with Gasteiger partial charge in [0.1, 0.15) is 5.75 Å². The molecule has 4 rings (SSSR count). The molecule has 0 spiro atoms. The summed E-state index contributed by atoms with van der Waals surface area (Å²) in [5, 5.41) is 1.37. The van der Waals surface area contributed by atoms with Crippen molar-refractivity contribution in [3.63, 3.8) is 0 Å². The van der Waals surface area contributed by atoms with E-state index in [1.54, 1.807) is 6.08 Å². The molecule has 4 atom stereocenters. The zero-order chi connectivity index (χ0) is 23.4. The first-order chi connectivity index (χ1) is 16.0. The number of allylic oxidation sites excluding steroid dienone is 16. The van der Waals surface area contributed by atoms with Crippen LogP contribution < -0.4 is 4.74 Å². The molecule has 1 nitrogen and oxygen atoms in total. The summed E-state index contributed by atoms with van der Waals surface area (Å²) in [6.45, 7) is 10.1. The standard InChI is InChI=1S/C31H33OP/c1-5-7-11-23-12-10-13-24(30(23)32-22(4)6-2)20-29-25-14-8-9-15-27(25)31(33)28-19-17-21(3)16-18-26(28)29/h5-19,21,25,27H,1,20,33H2,2-4H3/b11-7+,22-6+. The van der Waals surface area contributed by atoms with E-state index in [0.29, 0.717) is 17.8 Å². The maximum atomic E-state index is 6.37. The van der Waals surface area contributed by atoms with Crippen LogP contribution in [0.5, 0.6) is 5.75 Å². The van der Waals surface area contributed by atoms with E-state index in [9.17, 15) is 0 Å². The average molecular weight is 453 g/mol. The lowest BCUT2D eigenvalue weighted by Crippen LogP contribution is -2.23. The van der Waals surface area contributed by atoms with Gasteiger partial charge in [-0.2, -0.15) is 0 Å². The van der Waals surface area contributed by atoms with Gasteiger partial charge in [-0.1, -0.05) is 104 Å². The number of fused-ring (bicyclic) bond motifs is 2. The molecular formula is C31H33OP. The zero-order valence-electron chi connectivity index (χ0n) is 19.8. The number of hydrogen-bond acceptors (Lipinski definition) is 1. The first-order valence-electron chi connectivity index (χ1n) is 11.7. The van der Waals surface area contributed by atoms with Gasteiger partial charge in [-0.15, -0.1) is 9.24 Å². The Labute approximate surface area is 201 Å². The summed E-state index contributed by atoms with van der Waals surface area (Å²) in [6, 6.07) is 6.43. The quantitative estimate of drug-likeness (QED) is 0.240. The molecule has 2 heteroatoms. The van der Waals surface area contributed by atoms with Crippen LogP contribution in [-0.2, 0) is 6.42 Å². The van der Waals surface area contributed by atoms with Crippen molar-refractivity contribution in [3.8, 4) is 5.75 Å². The molecule has 0 N–H and O–H groups in total. The fraction of sp³-hybridized carbons (Fsp3) is 0.226. The van der Waals surface area contributed by atoms with Crippen LogP contribution >= 0.6 is 9.24 Å². The fourth-order valence-electron chi connectivity index (χ4n) is 4.68. The summed E-state index contributed by atoms with van der Waals surface area (Å²) in [5.74, 6) is 2.96. The van der Waals surface area contributed by atoms with Crippen LogP contribution in [-0.4, -0.2) is 0 Å². The third kappa shape index (κ3) is 4.90. The molecule has 0 bridgehead atoms. The van der Waals surface area contributed by atoms with Gasteiger partial charge in [0.05, 0.1) is 5.76 Å². The Kier molecular flexibility index (Phi) is 7.31. The monoisotopic (exact) mass is 452 g/mol. The van der Waals surface area contributed by atoms with E-state index in [4.69, 9.17) is 4.74 Å². The molecule has 4 unspecified atom stereocenters. The smallest absolute Gasteiger partial charge is 0.137 e. The van der Waals surface area contributed by atoms with E-state index in [0.717, 1.165) is 23.5 Å². The maximum absolute atomic E-state index is 6.37. The van der Waals surface area contributed by atoms with Crippen molar-refractivity contribution >= 4 is 15.3 Å². The average Bonchev–Trinajstić information content (AvgIpc) is 3.03.